The first-order chi connectivity index (χ1) is 6.39. The highest BCUT2D eigenvalue weighted by molar-refractivity contribution is 5.77. The monoisotopic (exact) mass is 197 g/mol. The van der Waals surface area contributed by atoms with E-state index in [2.05, 4.69) is 10.6 Å². The molecule has 0 aliphatic heterocycles. The van der Waals surface area contributed by atoms with Gasteiger partial charge in [0.15, 0.2) is 0 Å². The lowest BCUT2D eigenvalue weighted by Crippen LogP contribution is -2.43. The first kappa shape index (κ1) is 12.9. The summed E-state index contributed by atoms with van der Waals surface area (Å²) in [5.41, 5.74) is -0.233. The van der Waals surface area contributed by atoms with E-state index in [1.165, 1.54) is 0 Å². The predicted molar refractivity (Wildman–Crippen MR) is 55.6 cm³/mol. The van der Waals surface area contributed by atoms with Gasteiger partial charge in [0.1, 0.15) is 6.04 Å². The van der Waals surface area contributed by atoms with Crippen molar-refractivity contribution in [3.63, 3.8) is 0 Å². The topological polar surface area (TPSA) is 64.9 Å². The van der Waals surface area contributed by atoms with E-state index < -0.39 is 0 Å². The number of nitrogens with zero attached hydrogens (tertiary/aromatic N) is 1. The Bertz CT molecular complexity index is 225. The highest BCUT2D eigenvalue weighted by Gasteiger charge is 2.17. The molecular formula is C10H19N3O. The first-order valence-electron chi connectivity index (χ1n) is 4.83. The molecule has 14 heavy (non-hydrogen) atoms. The molecule has 0 rings (SSSR count). The Kier molecular flexibility index (Phi) is 5.18. The van der Waals surface area contributed by atoms with Crippen molar-refractivity contribution in [2.45, 2.75) is 45.7 Å². The van der Waals surface area contributed by atoms with Crippen LogP contribution >= 0.6 is 0 Å². The van der Waals surface area contributed by atoms with Crippen molar-refractivity contribution in [3.05, 3.63) is 0 Å². The van der Waals surface area contributed by atoms with Crippen LogP contribution in [0.5, 0.6) is 0 Å². The summed E-state index contributed by atoms with van der Waals surface area (Å²) in [6, 6.07) is 1.66. The molecule has 80 valence electrons. The van der Waals surface area contributed by atoms with Gasteiger partial charge in [0.2, 0.25) is 5.91 Å². The third kappa shape index (κ3) is 6.44. The summed E-state index contributed by atoms with van der Waals surface area (Å²) in [6.07, 6.45) is 0.210. The first-order valence-corrected chi connectivity index (χ1v) is 4.83. The van der Waals surface area contributed by atoms with Crippen molar-refractivity contribution >= 4 is 5.91 Å². The van der Waals surface area contributed by atoms with Gasteiger partial charge in [-0.25, -0.2) is 0 Å². The summed E-state index contributed by atoms with van der Waals surface area (Å²) in [5.74, 6) is -0.0926. The molecule has 1 atom stereocenters. The summed E-state index contributed by atoms with van der Waals surface area (Å²) in [5, 5.41) is 14.5. The maximum atomic E-state index is 11.4. The van der Waals surface area contributed by atoms with E-state index in [-0.39, 0.29) is 23.9 Å². The predicted octanol–water partition coefficient (Wildman–Crippen LogP) is 0.793. The molecule has 0 saturated carbocycles. The third-order valence-corrected chi connectivity index (χ3v) is 1.51. The highest BCUT2D eigenvalue weighted by Crippen LogP contribution is 2.00. The zero-order valence-corrected chi connectivity index (χ0v) is 9.35. The lowest BCUT2D eigenvalue weighted by Gasteiger charge is -2.21. The van der Waals surface area contributed by atoms with Crippen LogP contribution in [0.3, 0.4) is 0 Å². The van der Waals surface area contributed by atoms with E-state index in [4.69, 9.17) is 5.26 Å². The smallest absolute Gasteiger partial charge is 0.223 e. The Balaban J connectivity index is 3.99. The normalized spacial score (nSPS) is 13.1. The zero-order valence-electron chi connectivity index (χ0n) is 9.35. The molecule has 4 heteroatoms. The molecule has 0 aliphatic carbocycles. The second-order valence-corrected chi connectivity index (χ2v) is 4.24. The van der Waals surface area contributed by atoms with Crippen LogP contribution < -0.4 is 10.6 Å². The van der Waals surface area contributed by atoms with E-state index in [1.54, 1.807) is 0 Å². The van der Waals surface area contributed by atoms with Crippen LogP contribution in [-0.2, 0) is 4.79 Å². The molecule has 0 bridgehead atoms. The van der Waals surface area contributed by atoms with Crippen LogP contribution in [-0.4, -0.2) is 24.0 Å². The van der Waals surface area contributed by atoms with Crippen molar-refractivity contribution < 1.29 is 4.79 Å². The minimum Gasteiger partial charge on any atom is -0.351 e. The largest absolute Gasteiger partial charge is 0.351 e. The maximum absolute atomic E-state index is 11.4. The number of amides is 1. The van der Waals surface area contributed by atoms with Crippen LogP contribution in [0.1, 0.15) is 34.1 Å². The van der Waals surface area contributed by atoms with E-state index >= 15 is 0 Å². The quantitative estimate of drug-likeness (QED) is 0.700. The van der Waals surface area contributed by atoms with Gasteiger partial charge >= 0.3 is 0 Å². The number of rotatable bonds is 4. The molecule has 0 spiro atoms. The van der Waals surface area contributed by atoms with Crippen molar-refractivity contribution in [2.75, 3.05) is 6.54 Å². The number of hydrogen-bond acceptors (Lipinski definition) is 3. The van der Waals surface area contributed by atoms with Gasteiger partial charge in [-0.3, -0.25) is 4.79 Å². The van der Waals surface area contributed by atoms with Crippen LogP contribution in [0.15, 0.2) is 0 Å². The van der Waals surface area contributed by atoms with Crippen LogP contribution in [0.4, 0.5) is 0 Å². The minimum absolute atomic E-state index is 0.0926. The second kappa shape index (κ2) is 5.61. The molecule has 0 radical (unpaired) electrons. The molecule has 0 aromatic heterocycles. The van der Waals surface area contributed by atoms with Gasteiger partial charge in [0.25, 0.3) is 0 Å². The van der Waals surface area contributed by atoms with E-state index in [0.717, 1.165) is 0 Å². The summed E-state index contributed by atoms with van der Waals surface area (Å²) in [4.78, 5) is 11.4. The minimum atomic E-state index is -0.387. The molecule has 2 N–H and O–H groups in total. The Labute approximate surface area is 85.7 Å². The van der Waals surface area contributed by atoms with Gasteiger partial charge in [-0.15, -0.1) is 0 Å². The molecule has 1 amide bonds. The van der Waals surface area contributed by atoms with E-state index in [1.807, 2.05) is 33.8 Å². The molecule has 4 nitrogen and oxygen atoms in total. The molecule has 0 aliphatic rings. The molecule has 0 heterocycles. The van der Waals surface area contributed by atoms with Crippen molar-refractivity contribution in [1.82, 2.24) is 10.6 Å². The molecule has 1 unspecified atom stereocenters. The third-order valence-electron chi connectivity index (χ3n) is 1.51. The molecule has 0 aromatic rings. The van der Waals surface area contributed by atoms with Gasteiger partial charge in [0.05, 0.1) is 12.5 Å². The second-order valence-electron chi connectivity index (χ2n) is 4.24. The number of hydrogen-bond donors (Lipinski definition) is 2. The van der Waals surface area contributed by atoms with Crippen molar-refractivity contribution in [3.8, 4) is 6.07 Å². The Morgan fingerprint density at radius 2 is 2.07 bits per heavy atom. The fraction of sp³-hybridized carbons (Fsp3) is 0.800. The zero-order chi connectivity index (χ0) is 11.2. The van der Waals surface area contributed by atoms with Crippen LogP contribution in [0.2, 0.25) is 0 Å². The number of nitriles is 1. The van der Waals surface area contributed by atoms with E-state index in [0.29, 0.717) is 6.54 Å². The molecule has 0 fully saturated rings. The van der Waals surface area contributed by atoms with Gasteiger partial charge in [0, 0.05) is 5.54 Å². The highest BCUT2D eigenvalue weighted by atomic mass is 16.1. The summed E-state index contributed by atoms with van der Waals surface area (Å²) >= 11 is 0. The Hall–Kier alpha value is -1.08. The summed E-state index contributed by atoms with van der Waals surface area (Å²) in [7, 11) is 0. The average Bonchev–Trinajstić information content (AvgIpc) is 2.00. The maximum Gasteiger partial charge on any atom is 0.223 e. The fourth-order valence-electron chi connectivity index (χ4n) is 1.06. The summed E-state index contributed by atoms with van der Waals surface area (Å²) in [6.45, 7) is 8.35. The van der Waals surface area contributed by atoms with Crippen molar-refractivity contribution in [1.29, 1.82) is 5.26 Å². The fourth-order valence-corrected chi connectivity index (χ4v) is 1.06. The van der Waals surface area contributed by atoms with Crippen LogP contribution in [0.25, 0.3) is 0 Å². The number of nitrogens with one attached hydrogen (secondary N) is 2. The van der Waals surface area contributed by atoms with Gasteiger partial charge in [-0.05, 0) is 27.3 Å². The lowest BCUT2D eigenvalue weighted by atomic mass is 10.1. The number of carbonyl (C=O) groups is 1. The molecular weight excluding hydrogens is 178 g/mol. The van der Waals surface area contributed by atoms with E-state index in [9.17, 15) is 4.79 Å². The van der Waals surface area contributed by atoms with Crippen molar-refractivity contribution in [2.24, 2.45) is 0 Å². The van der Waals surface area contributed by atoms with Gasteiger partial charge in [-0.1, -0.05) is 6.92 Å². The Morgan fingerprint density at radius 1 is 1.50 bits per heavy atom. The lowest BCUT2D eigenvalue weighted by molar-refractivity contribution is -0.122. The molecule has 0 aromatic carbocycles. The Morgan fingerprint density at radius 3 is 2.43 bits per heavy atom. The average molecular weight is 197 g/mol. The SMILES string of the molecule is CCNC(C#N)CC(=O)NC(C)(C)C. The van der Waals surface area contributed by atoms with Gasteiger partial charge < -0.3 is 10.6 Å². The standard InChI is InChI=1S/C10H19N3O/c1-5-12-8(7-11)6-9(14)13-10(2,3)4/h8,12H,5-6H2,1-4H3,(H,13,14). The number of carbonyl (C=O) groups excluding carboxylic acids is 1. The molecule has 0 saturated heterocycles. The van der Waals surface area contributed by atoms with Gasteiger partial charge in [-0.2, -0.15) is 5.26 Å². The summed E-state index contributed by atoms with van der Waals surface area (Å²) < 4.78 is 0. The van der Waals surface area contributed by atoms with Crippen LogP contribution in [0, 0.1) is 11.3 Å².